The molecule has 0 aromatic rings. The van der Waals surface area contributed by atoms with E-state index in [9.17, 15) is 4.79 Å². The first kappa shape index (κ1) is 10.2. The van der Waals surface area contributed by atoms with E-state index in [4.69, 9.17) is 5.26 Å². The maximum absolute atomic E-state index is 11.2. The van der Waals surface area contributed by atoms with Crippen molar-refractivity contribution in [3.8, 4) is 6.26 Å². The first-order valence-corrected chi connectivity index (χ1v) is 5.49. The van der Waals surface area contributed by atoms with Gasteiger partial charge in [0.1, 0.15) is 0 Å². The fourth-order valence-electron chi connectivity index (χ4n) is 3.01. The minimum atomic E-state index is -0.500. The van der Waals surface area contributed by atoms with Crippen LogP contribution in [0.4, 0.5) is 0 Å². The first-order chi connectivity index (χ1) is 7.20. The van der Waals surface area contributed by atoms with E-state index >= 15 is 0 Å². The van der Waals surface area contributed by atoms with E-state index in [1.165, 1.54) is 31.9 Å². The smallest absolute Gasteiger partial charge is 0.347 e. The summed E-state index contributed by atoms with van der Waals surface area (Å²) in [4.78, 5) is 11.2. The van der Waals surface area contributed by atoms with E-state index in [-0.39, 0.29) is 0 Å². The van der Waals surface area contributed by atoms with Gasteiger partial charge in [-0.3, -0.25) is 0 Å². The molecule has 0 aliphatic heterocycles. The fraction of sp³-hybridized carbons (Fsp3) is 0.667. The first-order valence-electron chi connectivity index (χ1n) is 5.49. The summed E-state index contributed by atoms with van der Waals surface area (Å²) in [7, 11) is 0. The maximum Gasteiger partial charge on any atom is 0.348 e. The molecule has 0 amide bonds. The minimum absolute atomic E-state index is 0.500. The van der Waals surface area contributed by atoms with Crippen LogP contribution in [0.15, 0.2) is 11.6 Å². The van der Waals surface area contributed by atoms with Gasteiger partial charge in [0.15, 0.2) is 0 Å². The van der Waals surface area contributed by atoms with Crippen molar-refractivity contribution in [2.45, 2.75) is 32.6 Å². The van der Waals surface area contributed by atoms with Gasteiger partial charge in [-0.25, -0.2) is 4.79 Å². The van der Waals surface area contributed by atoms with Crippen LogP contribution in [0.2, 0.25) is 0 Å². The molecular formula is C12H15NO2. The van der Waals surface area contributed by atoms with Gasteiger partial charge in [0.25, 0.3) is 6.26 Å². The standard InChI is InChI=1S/C12H15NO2/c1-8(12(14)15-7-13)4-11-6-9-2-3-10(11)5-9/h4,9-11H,2-3,5-6H2,1H3. The van der Waals surface area contributed by atoms with Crippen LogP contribution in [-0.2, 0) is 9.53 Å². The van der Waals surface area contributed by atoms with Gasteiger partial charge in [0.2, 0.25) is 0 Å². The average molecular weight is 205 g/mol. The molecule has 2 aliphatic carbocycles. The van der Waals surface area contributed by atoms with E-state index in [0.29, 0.717) is 11.5 Å². The molecule has 0 saturated heterocycles. The lowest BCUT2D eigenvalue weighted by molar-refractivity contribution is -0.132. The molecule has 3 heteroatoms. The lowest BCUT2D eigenvalue weighted by atomic mass is 9.87. The lowest BCUT2D eigenvalue weighted by Crippen LogP contribution is -2.10. The van der Waals surface area contributed by atoms with Gasteiger partial charge in [-0.15, -0.1) is 5.26 Å². The number of nitriles is 1. The molecule has 2 bridgehead atoms. The van der Waals surface area contributed by atoms with Crippen molar-refractivity contribution >= 4 is 5.97 Å². The average Bonchev–Trinajstić information content (AvgIpc) is 2.79. The van der Waals surface area contributed by atoms with E-state index in [0.717, 1.165) is 11.8 Å². The molecule has 2 fully saturated rings. The molecule has 3 unspecified atom stereocenters. The quantitative estimate of drug-likeness (QED) is 0.395. The van der Waals surface area contributed by atoms with Crippen LogP contribution in [0, 0.1) is 29.3 Å². The summed E-state index contributed by atoms with van der Waals surface area (Å²) in [6, 6.07) is 0. The van der Waals surface area contributed by atoms with Crippen molar-refractivity contribution in [3.63, 3.8) is 0 Å². The number of hydrogen-bond acceptors (Lipinski definition) is 3. The number of nitrogens with zero attached hydrogens (tertiary/aromatic N) is 1. The number of carbonyl (C=O) groups excluding carboxylic acids is 1. The molecule has 0 heterocycles. The summed E-state index contributed by atoms with van der Waals surface area (Å²) >= 11 is 0. The van der Waals surface area contributed by atoms with E-state index in [1.54, 1.807) is 6.92 Å². The predicted molar refractivity (Wildman–Crippen MR) is 54.4 cm³/mol. The fourth-order valence-corrected chi connectivity index (χ4v) is 3.01. The SMILES string of the molecule is CC(=CC1CC2CCC1C2)C(=O)OC#N. The highest BCUT2D eigenvalue weighted by molar-refractivity contribution is 5.88. The summed E-state index contributed by atoms with van der Waals surface area (Å²) < 4.78 is 4.29. The molecule has 0 radical (unpaired) electrons. The van der Waals surface area contributed by atoms with Crippen LogP contribution in [0.25, 0.3) is 0 Å². The molecule has 0 aromatic carbocycles. The second kappa shape index (κ2) is 4.06. The van der Waals surface area contributed by atoms with Crippen molar-refractivity contribution in [2.75, 3.05) is 0 Å². The van der Waals surface area contributed by atoms with Crippen molar-refractivity contribution in [1.29, 1.82) is 5.26 Å². The molecule has 0 N–H and O–H groups in total. The Kier molecular flexibility index (Phi) is 2.77. The Morgan fingerprint density at radius 2 is 2.27 bits per heavy atom. The van der Waals surface area contributed by atoms with Crippen LogP contribution in [-0.4, -0.2) is 5.97 Å². The second-order valence-electron chi connectivity index (χ2n) is 4.67. The number of carbonyl (C=O) groups is 1. The molecule has 2 aliphatic rings. The Morgan fingerprint density at radius 1 is 1.47 bits per heavy atom. The Morgan fingerprint density at radius 3 is 2.80 bits per heavy atom. The van der Waals surface area contributed by atoms with Crippen LogP contribution in [0.5, 0.6) is 0 Å². The van der Waals surface area contributed by atoms with Gasteiger partial charge in [-0.05, 0) is 43.9 Å². The van der Waals surface area contributed by atoms with Crippen LogP contribution < -0.4 is 0 Å². The van der Waals surface area contributed by atoms with Gasteiger partial charge in [-0.1, -0.05) is 12.5 Å². The zero-order valence-electron chi connectivity index (χ0n) is 8.90. The summed E-state index contributed by atoms with van der Waals surface area (Å²) in [5.41, 5.74) is 0.578. The summed E-state index contributed by atoms with van der Waals surface area (Å²) in [5, 5.41) is 8.23. The third-order valence-corrected chi connectivity index (χ3v) is 3.72. The number of fused-ring (bicyclic) bond motifs is 2. The highest BCUT2D eigenvalue weighted by Gasteiger charge is 2.38. The van der Waals surface area contributed by atoms with Crippen molar-refractivity contribution in [1.82, 2.24) is 0 Å². The monoisotopic (exact) mass is 205 g/mol. The molecule has 3 nitrogen and oxygen atoms in total. The van der Waals surface area contributed by atoms with E-state index in [2.05, 4.69) is 4.74 Å². The largest absolute Gasteiger partial charge is 0.348 e. The minimum Gasteiger partial charge on any atom is -0.347 e. The number of allylic oxidation sites excluding steroid dienone is 1. The lowest BCUT2D eigenvalue weighted by Gasteiger charge is -2.18. The summed E-state index contributed by atoms with van der Waals surface area (Å²) in [5.74, 6) is 1.67. The van der Waals surface area contributed by atoms with Gasteiger partial charge >= 0.3 is 5.97 Å². The van der Waals surface area contributed by atoms with Gasteiger partial charge in [-0.2, -0.15) is 0 Å². The Labute approximate surface area is 89.7 Å². The highest BCUT2D eigenvalue weighted by Crippen LogP contribution is 2.49. The summed E-state index contributed by atoms with van der Waals surface area (Å²) in [6.07, 6.45) is 8.61. The highest BCUT2D eigenvalue weighted by atomic mass is 16.5. The van der Waals surface area contributed by atoms with E-state index in [1.807, 2.05) is 6.08 Å². The number of hydrogen-bond donors (Lipinski definition) is 0. The third-order valence-electron chi connectivity index (χ3n) is 3.72. The van der Waals surface area contributed by atoms with Gasteiger partial charge in [0, 0.05) is 5.57 Å². The van der Waals surface area contributed by atoms with Crippen LogP contribution >= 0.6 is 0 Å². The predicted octanol–water partition coefficient (Wildman–Crippen LogP) is 2.39. The number of rotatable bonds is 2. The Bertz CT molecular complexity index is 340. The normalized spacial score (nSPS) is 33.9. The van der Waals surface area contributed by atoms with Gasteiger partial charge < -0.3 is 4.74 Å². The Balaban J connectivity index is 1.98. The molecule has 80 valence electrons. The van der Waals surface area contributed by atoms with Crippen LogP contribution in [0.3, 0.4) is 0 Å². The molecule has 0 aromatic heterocycles. The van der Waals surface area contributed by atoms with Crippen LogP contribution in [0.1, 0.15) is 32.6 Å². The van der Waals surface area contributed by atoms with Crippen molar-refractivity contribution in [3.05, 3.63) is 11.6 Å². The molecule has 2 rings (SSSR count). The van der Waals surface area contributed by atoms with E-state index < -0.39 is 5.97 Å². The zero-order chi connectivity index (χ0) is 10.8. The number of esters is 1. The maximum atomic E-state index is 11.2. The van der Waals surface area contributed by atoms with Gasteiger partial charge in [0.05, 0.1) is 0 Å². The third kappa shape index (κ3) is 2.04. The number of ether oxygens (including phenoxy) is 1. The second-order valence-corrected chi connectivity index (χ2v) is 4.67. The Hall–Kier alpha value is -1.30. The topological polar surface area (TPSA) is 50.1 Å². The van der Waals surface area contributed by atoms with Crippen molar-refractivity contribution < 1.29 is 9.53 Å². The molecule has 15 heavy (non-hydrogen) atoms. The molecule has 0 spiro atoms. The molecule has 2 saturated carbocycles. The van der Waals surface area contributed by atoms with Crippen molar-refractivity contribution in [2.24, 2.45) is 17.8 Å². The zero-order valence-corrected chi connectivity index (χ0v) is 8.90. The molecule has 3 atom stereocenters. The molecular weight excluding hydrogens is 190 g/mol. The summed E-state index contributed by atoms with van der Waals surface area (Å²) in [6.45, 7) is 1.73.